The molecule has 3 rings (SSSR count). The van der Waals surface area contributed by atoms with E-state index in [0.717, 1.165) is 11.3 Å². The van der Waals surface area contributed by atoms with Crippen molar-refractivity contribution in [3.8, 4) is 0 Å². The number of nitrogens with one attached hydrogen (secondary N) is 3. The molecule has 1 atom stereocenters. The van der Waals surface area contributed by atoms with Gasteiger partial charge in [-0.2, -0.15) is 0 Å². The summed E-state index contributed by atoms with van der Waals surface area (Å²) in [5.41, 5.74) is 2.24. The van der Waals surface area contributed by atoms with E-state index in [4.69, 9.17) is 23.2 Å². The van der Waals surface area contributed by atoms with Gasteiger partial charge in [-0.1, -0.05) is 28.3 Å². The fraction of sp³-hybridized carbons (Fsp3) is 0.238. The number of quaternary nitrogens is 1. The van der Waals surface area contributed by atoms with Gasteiger partial charge >= 0.3 is 0 Å². The predicted molar refractivity (Wildman–Crippen MR) is 127 cm³/mol. The second kappa shape index (κ2) is 10.1. The van der Waals surface area contributed by atoms with Crippen molar-refractivity contribution in [3.05, 3.63) is 57.2 Å². The van der Waals surface area contributed by atoms with Gasteiger partial charge < -0.3 is 20.7 Å². The van der Waals surface area contributed by atoms with E-state index in [1.165, 1.54) is 12.1 Å². The topological polar surface area (TPSA) is 114 Å². The fourth-order valence-electron chi connectivity index (χ4n) is 2.89. The molecule has 2 aromatic carbocycles. The molecule has 0 radical (unpaired) electrons. The first-order valence-corrected chi connectivity index (χ1v) is 10.4. The zero-order chi connectivity index (χ0) is 23.4. The summed E-state index contributed by atoms with van der Waals surface area (Å²) in [6.45, 7) is 1.79. The molecule has 1 unspecified atom stereocenters. The Morgan fingerprint density at radius 3 is 2.69 bits per heavy atom. The number of hydrogen-bond donors (Lipinski definition) is 3. The maximum absolute atomic E-state index is 13.2. The molecule has 1 aliphatic rings. The summed E-state index contributed by atoms with van der Waals surface area (Å²) in [5.74, 6) is -1.36. The molecule has 1 heterocycles. The van der Waals surface area contributed by atoms with Crippen molar-refractivity contribution in [2.45, 2.75) is 13.3 Å². The summed E-state index contributed by atoms with van der Waals surface area (Å²) in [6, 6.07) is 10.1. The van der Waals surface area contributed by atoms with Gasteiger partial charge in [-0.25, -0.2) is 10.2 Å². The molecule has 9 nitrogen and oxygen atoms in total. The van der Waals surface area contributed by atoms with Crippen LogP contribution in [0.2, 0.25) is 10.0 Å². The summed E-state index contributed by atoms with van der Waals surface area (Å²) in [7, 11) is 3.82. The number of aliphatic imine (C=N–C) groups is 1. The molecule has 2 aromatic rings. The van der Waals surface area contributed by atoms with Crippen LogP contribution in [0, 0.1) is 12.1 Å². The normalized spacial score (nSPS) is 16.7. The maximum Gasteiger partial charge on any atom is 0.278 e. The molecule has 0 aromatic heterocycles. The Morgan fingerprint density at radius 2 is 2.00 bits per heavy atom. The second-order valence-corrected chi connectivity index (χ2v) is 8.15. The minimum atomic E-state index is -0.709. The molecule has 1 aliphatic heterocycles. The third kappa shape index (κ3) is 5.83. The summed E-state index contributed by atoms with van der Waals surface area (Å²) in [4.78, 5) is 31.7. The summed E-state index contributed by atoms with van der Waals surface area (Å²) in [5, 5.41) is 21.2. The first kappa shape index (κ1) is 23.7. The van der Waals surface area contributed by atoms with Crippen LogP contribution in [0.25, 0.3) is 0 Å². The van der Waals surface area contributed by atoms with Gasteiger partial charge in [0.1, 0.15) is 6.54 Å². The number of rotatable bonds is 5. The number of aryl methyl sites for hydroxylation is 1. The molecule has 0 bridgehead atoms. The number of halogens is 2. The highest BCUT2D eigenvalue weighted by atomic mass is 35.5. The maximum atomic E-state index is 13.2. The lowest BCUT2D eigenvalue weighted by Gasteiger charge is -2.16. The Morgan fingerprint density at radius 1 is 1.25 bits per heavy atom. The van der Waals surface area contributed by atoms with Crippen molar-refractivity contribution < 1.29 is 14.8 Å². The molecule has 0 saturated carbocycles. The first-order valence-electron chi connectivity index (χ1n) is 9.69. The van der Waals surface area contributed by atoms with Crippen LogP contribution in [0.1, 0.15) is 12.0 Å². The van der Waals surface area contributed by atoms with Gasteiger partial charge in [0.2, 0.25) is 11.7 Å². The van der Waals surface area contributed by atoms with Crippen molar-refractivity contribution in [3.63, 3.8) is 0 Å². The smallest absolute Gasteiger partial charge is 0.278 e. The minimum Gasteiger partial charge on any atom is -0.606 e. The van der Waals surface area contributed by atoms with Crippen molar-refractivity contribution in [1.82, 2.24) is 5.32 Å². The number of nitrogens with zero attached hydrogens (tertiary/aromatic N) is 3. The third-order valence-electron chi connectivity index (χ3n) is 4.61. The molecule has 0 fully saturated rings. The highest BCUT2D eigenvalue weighted by molar-refractivity contribution is 6.69. The van der Waals surface area contributed by atoms with Gasteiger partial charge in [0.15, 0.2) is 5.71 Å². The number of carbonyl (C=O) groups excluding carboxylic acids is 2. The number of amides is 2. The lowest BCUT2D eigenvalue weighted by atomic mass is 10.1. The predicted octanol–water partition coefficient (Wildman–Crippen LogP) is 2.30. The molecule has 0 saturated heterocycles. The number of amidine groups is 1. The van der Waals surface area contributed by atoms with Gasteiger partial charge in [0, 0.05) is 24.8 Å². The highest BCUT2D eigenvalue weighted by Crippen LogP contribution is 2.27. The van der Waals surface area contributed by atoms with Gasteiger partial charge in [0.05, 0.1) is 22.8 Å². The number of benzene rings is 2. The minimum absolute atomic E-state index is 0.0303. The zero-order valence-corrected chi connectivity index (χ0v) is 19.2. The second-order valence-electron chi connectivity index (χ2n) is 7.31. The van der Waals surface area contributed by atoms with Gasteiger partial charge in [-0.05, 0) is 48.9 Å². The van der Waals surface area contributed by atoms with E-state index in [2.05, 4.69) is 20.7 Å². The highest BCUT2D eigenvalue weighted by Gasteiger charge is 2.26. The molecule has 0 spiro atoms. The van der Waals surface area contributed by atoms with E-state index in [1.54, 1.807) is 12.1 Å². The number of carbonyl (C=O) groups is 2. The van der Waals surface area contributed by atoms with Crippen molar-refractivity contribution >= 4 is 63.6 Å². The lowest BCUT2D eigenvalue weighted by molar-refractivity contribution is -0.854. The molecule has 0 aliphatic carbocycles. The standard InChI is InChI=1S/C21H22Cl2N6O3/c1-12-10-14(28(2)3)5-7-16(12)24-19(20-26-18(30)8-9-29(32)27-20)21(31)25-17-11-13(22)4-6-15(17)23/h4-7,10-11,29H,8-9H2,1-3H3,(H,25,31)(H,26,27,30). The molecular weight excluding hydrogens is 455 g/mol. The largest absolute Gasteiger partial charge is 0.606 e. The molecule has 11 heteroatoms. The number of hydroxylamine groups is 1. The average Bonchev–Trinajstić information content (AvgIpc) is 2.89. The van der Waals surface area contributed by atoms with E-state index in [9.17, 15) is 14.8 Å². The monoisotopic (exact) mass is 476 g/mol. The van der Waals surface area contributed by atoms with E-state index in [0.29, 0.717) is 10.7 Å². The van der Waals surface area contributed by atoms with Crippen LogP contribution in [-0.2, 0) is 9.59 Å². The van der Waals surface area contributed by atoms with Crippen LogP contribution < -0.4 is 20.7 Å². The fourth-order valence-corrected chi connectivity index (χ4v) is 3.22. The van der Waals surface area contributed by atoms with Crippen LogP contribution in [-0.4, -0.2) is 44.0 Å². The average molecular weight is 477 g/mol. The molecular formula is C21H22Cl2N6O3. The summed E-state index contributed by atoms with van der Waals surface area (Å²) in [6.07, 6.45) is -0.0303. The van der Waals surface area contributed by atoms with Crippen molar-refractivity contribution in [2.24, 2.45) is 10.1 Å². The Balaban J connectivity index is 2.07. The van der Waals surface area contributed by atoms with E-state index >= 15 is 0 Å². The van der Waals surface area contributed by atoms with Crippen LogP contribution in [0.15, 0.2) is 46.5 Å². The summed E-state index contributed by atoms with van der Waals surface area (Å²) >= 11 is 12.2. The first-order chi connectivity index (χ1) is 15.1. The van der Waals surface area contributed by atoms with Gasteiger partial charge in [-0.3, -0.25) is 9.59 Å². The molecule has 168 valence electrons. The lowest BCUT2D eigenvalue weighted by Crippen LogP contribution is -3.02. The van der Waals surface area contributed by atoms with Crippen LogP contribution in [0.3, 0.4) is 0 Å². The van der Waals surface area contributed by atoms with Gasteiger partial charge in [-0.15, -0.1) is 0 Å². The number of anilines is 2. The van der Waals surface area contributed by atoms with Crippen LogP contribution in [0.5, 0.6) is 0 Å². The van der Waals surface area contributed by atoms with E-state index in [1.807, 2.05) is 38.1 Å². The molecule has 32 heavy (non-hydrogen) atoms. The molecule has 3 N–H and O–H groups in total. The quantitative estimate of drug-likeness (QED) is 0.453. The summed E-state index contributed by atoms with van der Waals surface area (Å²) < 4.78 is 0. The SMILES string of the molecule is Cc1cc(N(C)C)ccc1N=C(C(=O)Nc1cc(Cl)ccc1Cl)C1=N[NH+]([O-])CCC(=O)N1. The number of hydrogen-bond acceptors (Lipinski definition) is 6. The Hall–Kier alpha value is -2.98. The Kier molecular flexibility index (Phi) is 7.47. The van der Waals surface area contributed by atoms with E-state index < -0.39 is 17.0 Å². The van der Waals surface area contributed by atoms with Gasteiger partial charge in [0.25, 0.3) is 5.91 Å². The van der Waals surface area contributed by atoms with Crippen molar-refractivity contribution in [2.75, 3.05) is 30.9 Å². The van der Waals surface area contributed by atoms with E-state index in [-0.39, 0.29) is 35.2 Å². The Bertz CT molecular complexity index is 1120. The molecule has 2 amide bonds. The van der Waals surface area contributed by atoms with Crippen LogP contribution >= 0.6 is 23.2 Å². The van der Waals surface area contributed by atoms with Crippen LogP contribution in [0.4, 0.5) is 17.1 Å². The Labute approximate surface area is 195 Å². The zero-order valence-electron chi connectivity index (χ0n) is 17.7. The third-order valence-corrected chi connectivity index (χ3v) is 5.17. The van der Waals surface area contributed by atoms with Crippen molar-refractivity contribution in [1.29, 1.82) is 0 Å².